The van der Waals surface area contributed by atoms with Crippen LogP contribution in [-0.4, -0.2) is 17.6 Å². The maximum atomic E-state index is 5.75. The molecule has 3 nitrogen and oxygen atoms in total. The highest BCUT2D eigenvalue weighted by atomic mass is 32.1. The quantitative estimate of drug-likeness (QED) is 0.773. The fourth-order valence-electron chi connectivity index (χ4n) is 1.83. The van der Waals surface area contributed by atoms with Gasteiger partial charge in [-0.05, 0) is 26.2 Å². The summed E-state index contributed by atoms with van der Waals surface area (Å²) in [5.74, 6) is 0. The molecule has 1 unspecified atom stereocenters. The summed E-state index contributed by atoms with van der Waals surface area (Å²) >= 11 is 1.79. The van der Waals surface area contributed by atoms with Crippen LogP contribution in [0.15, 0.2) is 6.20 Å². The molecule has 0 aliphatic heterocycles. The fourth-order valence-corrected chi connectivity index (χ4v) is 2.78. The molecular formula is C13H22N2OS. The zero-order valence-corrected chi connectivity index (χ0v) is 11.6. The first-order chi connectivity index (χ1) is 8.33. The molecule has 1 fully saturated rings. The van der Waals surface area contributed by atoms with Gasteiger partial charge in [0.2, 0.25) is 0 Å². The molecule has 0 aromatic carbocycles. The Balaban J connectivity index is 1.88. The van der Waals surface area contributed by atoms with Crippen molar-refractivity contribution in [3.8, 4) is 0 Å². The van der Waals surface area contributed by atoms with Crippen LogP contribution in [0, 0.1) is 0 Å². The summed E-state index contributed by atoms with van der Waals surface area (Å²) in [6.45, 7) is 5.97. The van der Waals surface area contributed by atoms with E-state index >= 15 is 0 Å². The Morgan fingerprint density at radius 2 is 2.35 bits per heavy atom. The second kappa shape index (κ2) is 6.47. The van der Waals surface area contributed by atoms with E-state index in [0.717, 1.165) is 37.0 Å². The van der Waals surface area contributed by atoms with Crippen LogP contribution in [0.1, 0.15) is 55.5 Å². The third-order valence-corrected chi connectivity index (χ3v) is 4.00. The molecule has 1 heterocycles. The van der Waals surface area contributed by atoms with Gasteiger partial charge < -0.3 is 10.1 Å². The van der Waals surface area contributed by atoms with Gasteiger partial charge in [0, 0.05) is 30.3 Å². The van der Waals surface area contributed by atoms with E-state index in [4.69, 9.17) is 4.74 Å². The predicted octanol–water partition coefficient (Wildman–Crippen LogP) is 3.27. The van der Waals surface area contributed by atoms with Gasteiger partial charge in [-0.15, -0.1) is 11.3 Å². The number of nitrogens with zero attached hydrogens (tertiary/aromatic N) is 1. The van der Waals surface area contributed by atoms with Crippen molar-refractivity contribution in [1.29, 1.82) is 0 Å². The Hall–Kier alpha value is -0.450. The second-order valence-electron chi connectivity index (χ2n) is 4.55. The molecule has 96 valence electrons. The summed E-state index contributed by atoms with van der Waals surface area (Å²) < 4.78 is 5.75. The molecule has 0 spiro atoms. The van der Waals surface area contributed by atoms with Gasteiger partial charge in [-0.1, -0.05) is 13.3 Å². The summed E-state index contributed by atoms with van der Waals surface area (Å²) in [4.78, 5) is 5.83. The smallest absolute Gasteiger partial charge is 0.122 e. The Morgan fingerprint density at radius 3 is 3.00 bits per heavy atom. The van der Waals surface area contributed by atoms with E-state index < -0.39 is 0 Å². The lowest BCUT2D eigenvalue weighted by Crippen LogP contribution is -2.14. The molecule has 1 aliphatic carbocycles. The van der Waals surface area contributed by atoms with Gasteiger partial charge in [-0.25, -0.2) is 4.98 Å². The normalized spacial score (nSPS) is 17.3. The molecular weight excluding hydrogens is 232 g/mol. The highest BCUT2D eigenvalue weighted by Crippen LogP contribution is 2.27. The summed E-state index contributed by atoms with van der Waals surface area (Å²) in [5, 5.41) is 4.66. The van der Waals surface area contributed by atoms with Crippen molar-refractivity contribution >= 4 is 11.3 Å². The highest BCUT2D eigenvalue weighted by molar-refractivity contribution is 7.11. The average molecular weight is 254 g/mol. The van der Waals surface area contributed by atoms with Crippen LogP contribution in [-0.2, 0) is 11.3 Å². The largest absolute Gasteiger partial charge is 0.371 e. The maximum absolute atomic E-state index is 5.75. The lowest BCUT2D eigenvalue weighted by molar-refractivity contribution is 0.0555. The second-order valence-corrected chi connectivity index (χ2v) is 5.70. The molecule has 1 N–H and O–H groups in total. The monoisotopic (exact) mass is 254 g/mol. The third kappa shape index (κ3) is 4.05. The van der Waals surface area contributed by atoms with Gasteiger partial charge in [0.25, 0.3) is 0 Å². The lowest BCUT2D eigenvalue weighted by atomic mass is 10.2. The minimum absolute atomic E-state index is 0.199. The molecule has 1 atom stereocenters. The minimum atomic E-state index is 0.199. The van der Waals surface area contributed by atoms with E-state index in [9.17, 15) is 0 Å². The number of ether oxygens (including phenoxy) is 1. The van der Waals surface area contributed by atoms with E-state index in [1.54, 1.807) is 11.3 Å². The van der Waals surface area contributed by atoms with Crippen molar-refractivity contribution in [1.82, 2.24) is 10.3 Å². The first kappa shape index (κ1) is 13.0. The van der Waals surface area contributed by atoms with Crippen molar-refractivity contribution in [2.75, 3.05) is 6.61 Å². The zero-order valence-electron chi connectivity index (χ0n) is 10.7. The van der Waals surface area contributed by atoms with Crippen LogP contribution in [0.2, 0.25) is 0 Å². The van der Waals surface area contributed by atoms with Crippen molar-refractivity contribution in [3.63, 3.8) is 0 Å². The Labute approximate surface area is 108 Å². The van der Waals surface area contributed by atoms with Crippen molar-refractivity contribution in [2.45, 2.75) is 58.2 Å². The van der Waals surface area contributed by atoms with Gasteiger partial charge in [0.1, 0.15) is 11.1 Å². The van der Waals surface area contributed by atoms with E-state index in [0.29, 0.717) is 0 Å². The van der Waals surface area contributed by atoms with Gasteiger partial charge in [-0.2, -0.15) is 0 Å². The van der Waals surface area contributed by atoms with Crippen LogP contribution in [0.4, 0.5) is 0 Å². The molecule has 1 aliphatic rings. The van der Waals surface area contributed by atoms with E-state index in [1.165, 1.54) is 17.7 Å². The molecule has 0 radical (unpaired) electrons. The zero-order chi connectivity index (χ0) is 12.1. The number of hydrogen-bond donors (Lipinski definition) is 1. The summed E-state index contributed by atoms with van der Waals surface area (Å²) in [6, 6.07) is 0.763. The molecule has 1 aromatic rings. The highest BCUT2D eigenvalue weighted by Gasteiger charge is 2.21. The van der Waals surface area contributed by atoms with Crippen molar-refractivity contribution in [3.05, 3.63) is 16.1 Å². The molecule has 0 saturated heterocycles. The number of hydrogen-bond acceptors (Lipinski definition) is 4. The predicted molar refractivity (Wildman–Crippen MR) is 71.3 cm³/mol. The van der Waals surface area contributed by atoms with Crippen molar-refractivity contribution in [2.24, 2.45) is 0 Å². The maximum Gasteiger partial charge on any atom is 0.122 e. The van der Waals surface area contributed by atoms with Crippen LogP contribution in [0.3, 0.4) is 0 Å². The Morgan fingerprint density at radius 1 is 1.53 bits per heavy atom. The number of rotatable bonds is 8. The van der Waals surface area contributed by atoms with E-state index in [1.807, 2.05) is 13.1 Å². The van der Waals surface area contributed by atoms with Crippen LogP contribution < -0.4 is 5.32 Å². The molecule has 0 amide bonds. The molecule has 2 rings (SSSR count). The Kier molecular flexibility index (Phi) is 4.95. The molecule has 17 heavy (non-hydrogen) atoms. The molecule has 1 aromatic heterocycles. The van der Waals surface area contributed by atoms with E-state index in [-0.39, 0.29) is 6.10 Å². The molecule has 4 heteroatoms. The van der Waals surface area contributed by atoms with Crippen LogP contribution >= 0.6 is 11.3 Å². The van der Waals surface area contributed by atoms with Gasteiger partial charge >= 0.3 is 0 Å². The van der Waals surface area contributed by atoms with Crippen LogP contribution in [0.25, 0.3) is 0 Å². The molecule has 1 saturated carbocycles. The minimum Gasteiger partial charge on any atom is -0.371 e. The van der Waals surface area contributed by atoms with Gasteiger partial charge in [0.15, 0.2) is 0 Å². The summed E-state index contributed by atoms with van der Waals surface area (Å²) in [7, 11) is 0. The first-order valence-corrected chi connectivity index (χ1v) is 7.44. The standard InChI is InChI=1S/C13H22N2OS/c1-3-5-12(16-4-2)13-15-9-11(17-13)8-14-10-6-7-10/h9-10,12,14H,3-8H2,1-2H3. The SMILES string of the molecule is CCCC(OCC)c1ncc(CNC2CC2)s1. The number of thiazole rings is 1. The summed E-state index contributed by atoms with van der Waals surface area (Å²) in [5.41, 5.74) is 0. The first-order valence-electron chi connectivity index (χ1n) is 6.63. The van der Waals surface area contributed by atoms with Gasteiger partial charge in [0.05, 0.1) is 0 Å². The van der Waals surface area contributed by atoms with Crippen LogP contribution in [0.5, 0.6) is 0 Å². The fraction of sp³-hybridized carbons (Fsp3) is 0.769. The average Bonchev–Trinajstić information content (AvgIpc) is 3.04. The number of nitrogens with one attached hydrogen (secondary N) is 1. The topological polar surface area (TPSA) is 34.1 Å². The lowest BCUT2D eigenvalue weighted by Gasteiger charge is -2.12. The third-order valence-electron chi connectivity index (χ3n) is 2.91. The Bertz CT molecular complexity index is 330. The number of aromatic nitrogens is 1. The molecule has 0 bridgehead atoms. The van der Waals surface area contributed by atoms with Crippen molar-refractivity contribution < 1.29 is 4.74 Å². The van der Waals surface area contributed by atoms with Gasteiger partial charge in [-0.3, -0.25) is 0 Å². The van der Waals surface area contributed by atoms with E-state index in [2.05, 4.69) is 17.2 Å². The summed E-state index contributed by atoms with van der Waals surface area (Å²) in [6.07, 6.45) is 7.07.